The number of hydrogen-bond acceptors (Lipinski definition) is 15. The van der Waals surface area contributed by atoms with Gasteiger partial charge in [-0.3, -0.25) is 0 Å². The van der Waals surface area contributed by atoms with E-state index in [1.54, 1.807) is 0 Å². The Bertz CT molecular complexity index is 5140. The van der Waals surface area contributed by atoms with Crippen LogP contribution in [0.25, 0.3) is 151 Å². The smallest absolute Gasteiger partial charge is 0.189 e. The fraction of sp³-hybridized carbons (Fsp3) is 0.111. The van der Waals surface area contributed by atoms with Gasteiger partial charge in [0.15, 0.2) is 46.5 Å². The molecule has 0 spiro atoms. The van der Waals surface area contributed by atoms with Gasteiger partial charge >= 0.3 is 0 Å². The summed E-state index contributed by atoms with van der Waals surface area (Å²) in [6, 6.07) is 57.5. The van der Waals surface area contributed by atoms with Crippen LogP contribution in [0.15, 0.2) is 170 Å². The molecule has 7 aromatic heterocycles. The van der Waals surface area contributed by atoms with E-state index in [2.05, 4.69) is 119 Å². The summed E-state index contributed by atoms with van der Waals surface area (Å²) in [4.78, 5) is 76.2. The van der Waals surface area contributed by atoms with Crippen LogP contribution in [-0.2, 0) is 0 Å². The monoisotopic (exact) mass is 1170 g/mol. The number of hydrogen-bond donors (Lipinski definition) is 0. The Morgan fingerprint density at radius 1 is 0.256 bits per heavy atom. The van der Waals surface area contributed by atoms with Gasteiger partial charge in [0, 0.05) is 77.3 Å². The Kier molecular flexibility index (Phi) is 13.1. The fourth-order valence-electron chi connectivity index (χ4n) is 12.1. The number of fused-ring (bicyclic) bond motifs is 6. The summed E-state index contributed by atoms with van der Waals surface area (Å²) in [5.74, 6) is 8.80. The number of nitrogens with zero attached hydrogens (tertiary/aromatic N) is 18. The van der Waals surface area contributed by atoms with Crippen molar-refractivity contribution in [1.29, 1.82) is 0 Å². The quantitative estimate of drug-likeness (QED) is 0.117. The van der Waals surface area contributed by atoms with E-state index >= 15 is 0 Å². The predicted molar refractivity (Wildman–Crippen MR) is 350 cm³/mol. The molecule has 0 N–H and O–H groups in total. The van der Waals surface area contributed by atoms with Gasteiger partial charge in [0.05, 0.1) is 34.3 Å². The minimum atomic E-state index is 0.457. The Morgan fingerprint density at radius 2 is 0.522 bits per heavy atom. The van der Waals surface area contributed by atoms with Crippen molar-refractivity contribution < 1.29 is 0 Å². The van der Waals surface area contributed by atoms with Crippen molar-refractivity contribution in [2.45, 2.75) is 55.4 Å². The average Bonchev–Trinajstić information content (AvgIpc) is 1.57. The fourth-order valence-corrected chi connectivity index (χ4v) is 12.1. The van der Waals surface area contributed by atoms with Crippen molar-refractivity contribution in [1.82, 2.24) is 83.9 Å². The largest absolute Gasteiger partial charge is 0.310 e. The van der Waals surface area contributed by atoms with Crippen LogP contribution in [0.2, 0.25) is 0 Å². The lowest BCUT2D eigenvalue weighted by molar-refractivity contribution is 0.928. The Hall–Kier alpha value is -12.1. The third-order valence-corrected chi connectivity index (χ3v) is 15.8. The summed E-state index contributed by atoms with van der Waals surface area (Å²) in [5, 5.41) is 3.72. The molecule has 0 aliphatic rings. The van der Waals surface area contributed by atoms with E-state index in [0.717, 1.165) is 105 Å². The van der Waals surface area contributed by atoms with Crippen LogP contribution in [0.5, 0.6) is 0 Å². The SMILES string of the molecule is [C-]#[N+]c1ccc(-c2ccc(-c3nc(-c4ccccc4)nc(-c4ccccc4)n3)cc2-n2c3ccc(-c4nc(C)nc(C)n4)cc3c3cc(-c4nc(C)nc(C)n4)ccc32)c(-n2c3ccc(-c4nc(C)nc(C)n4)cc3c3cc(-c4nc(C)nc(C)n4)ccc32)c1. The molecule has 0 saturated carbocycles. The standard InChI is InChI=1S/C72H52N18/c1-38-74-39(2)79-68(78-38)48-21-28-60-56(32-48)57-33-49(69-80-40(3)75-41(4)81-69)22-29-61(57)89(60)64-36-52(72-87-66(46-16-12-10-13-17-46)86-67(88-72)47-18-14-11-15-19-47)20-26-54(64)55-27-25-53(73-9)37-65(55)90-62-30-23-50(70-82-42(5)76-43(6)83-70)34-58(62)59-35-51(24-31-63(59)90)71-84-44(7)77-45(8)85-71/h10-37H,1-8H3. The van der Waals surface area contributed by atoms with Gasteiger partial charge in [-0.15, -0.1) is 0 Å². The molecule has 0 amide bonds. The van der Waals surface area contributed by atoms with Crippen molar-refractivity contribution in [3.05, 3.63) is 228 Å². The van der Waals surface area contributed by atoms with Crippen molar-refractivity contribution in [2.24, 2.45) is 0 Å². The molecule has 0 radical (unpaired) electrons. The van der Waals surface area contributed by atoms with E-state index in [4.69, 9.17) is 61.4 Å². The summed E-state index contributed by atoms with van der Waals surface area (Å²) in [7, 11) is 0. The Morgan fingerprint density at radius 3 is 0.844 bits per heavy atom. The van der Waals surface area contributed by atoms with Crippen LogP contribution in [0.1, 0.15) is 46.6 Å². The molecule has 430 valence electrons. The van der Waals surface area contributed by atoms with Gasteiger partial charge in [-0.2, -0.15) is 0 Å². The maximum atomic E-state index is 8.54. The molecule has 8 aromatic carbocycles. The first kappa shape index (κ1) is 54.5. The Labute approximate surface area is 516 Å². The number of benzene rings is 8. The molecule has 18 heteroatoms. The van der Waals surface area contributed by atoms with Crippen LogP contribution in [0.4, 0.5) is 5.69 Å². The molecule has 7 heterocycles. The number of rotatable bonds is 10. The van der Waals surface area contributed by atoms with Gasteiger partial charge in [-0.05, 0) is 140 Å². The zero-order valence-electron chi connectivity index (χ0n) is 50.2. The molecule has 15 rings (SSSR count). The van der Waals surface area contributed by atoms with E-state index in [1.807, 2.05) is 140 Å². The molecule has 0 aliphatic carbocycles. The van der Waals surface area contributed by atoms with E-state index < -0.39 is 0 Å². The van der Waals surface area contributed by atoms with Crippen LogP contribution >= 0.6 is 0 Å². The van der Waals surface area contributed by atoms with Crippen LogP contribution in [-0.4, -0.2) is 83.9 Å². The van der Waals surface area contributed by atoms with Gasteiger partial charge in [0.1, 0.15) is 46.6 Å². The normalized spacial score (nSPS) is 11.5. The highest BCUT2D eigenvalue weighted by Crippen LogP contribution is 2.45. The van der Waals surface area contributed by atoms with Crippen LogP contribution in [0.3, 0.4) is 0 Å². The van der Waals surface area contributed by atoms with Gasteiger partial charge in [0.2, 0.25) is 0 Å². The summed E-state index contributed by atoms with van der Waals surface area (Å²) >= 11 is 0. The third kappa shape index (κ3) is 9.85. The van der Waals surface area contributed by atoms with Gasteiger partial charge in [-0.25, -0.2) is 79.6 Å². The highest BCUT2D eigenvalue weighted by atomic mass is 15.1. The summed E-state index contributed by atoms with van der Waals surface area (Å²) in [6.07, 6.45) is 0. The molecule has 0 unspecified atom stereocenters. The second kappa shape index (κ2) is 21.7. The third-order valence-electron chi connectivity index (χ3n) is 15.8. The molecule has 0 atom stereocenters. The van der Waals surface area contributed by atoms with E-state index in [1.165, 1.54) is 0 Å². The maximum absolute atomic E-state index is 8.54. The molecule has 90 heavy (non-hydrogen) atoms. The molecule has 18 nitrogen and oxygen atoms in total. The lowest BCUT2D eigenvalue weighted by atomic mass is 9.98. The molecular weight excluding hydrogens is 1120 g/mol. The highest BCUT2D eigenvalue weighted by Gasteiger charge is 2.25. The van der Waals surface area contributed by atoms with Gasteiger partial charge in [0.25, 0.3) is 0 Å². The first-order chi connectivity index (χ1) is 43.7. The molecule has 0 aliphatic heterocycles. The topological polar surface area (TPSA) is 208 Å². The second-order valence-corrected chi connectivity index (χ2v) is 22.2. The minimum absolute atomic E-state index is 0.457. The van der Waals surface area contributed by atoms with Crippen molar-refractivity contribution in [3.8, 4) is 102 Å². The van der Waals surface area contributed by atoms with Gasteiger partial charge < -0.3 is 9.13 Å². The molecular formula is C72H52N18. The van der Waals surface area contributed by atoms with Crippen molar-refractivity contribution in [2.75, 3.05) is 0 Å². The first-order valence-corrected chi connectivity index (χ1v) is 29.2. The molecule has 15 aromatic rings. The predicted octanol–water partition coefficient (Wildman–Crippen LogP) is 15.2. The minimum Gasteiger partial charge on any atom is -0.310 e. The molecule has 0 saturated heterocycles. The van der Waals surface area contributed by atoms with E-state index in [-0.39, 0.29) is 0 Å². The molecule has 0 fully saturated rings. The first-order valence-electron chi connectivity index (χ1n) is 29.2. The average molecular weight is 1170 g/mol. The van der Waals surface area contributed by atoms with Crippen LogP contribution in [0, 0.1) is 62.0 Å². The van der Waals surface area contributed by atoms with Crippen LogP contribution < -0.4 is 0 Å². The van der Waals surface area contributed by atoms with E-state index in [0.29, 0.717) is 93.1 Å². The zero-order chi connectivity index (χ0) is 61.5. The summed E-state index contributed by atoms with van der Waals surface area (Å²) in [5.41, 5.74) is 13.0. The summed E-state index contributed by atoms with van der Waals surface area (Å²) in [6.45, 7) is 23.6. The Balaban J connectivity index is 1.04. The van der Waals surface area contributed by atoms with Crippen molar-refractivity contribution >= 4 is 49.3 Å². The second-order valence-electron chi connectivity index (χ2n) is 22.2. The maximum Gasteiger partial charge on any atom is 0.189 e. The molecule has 0 bridgehead atoms. The number of aromatic nitrogens is 17. The van der Waals surface area contributed by atoms with E-state index in [9.17, 15) is 0 Å². The lowest BCUT2D eigenvalue weighted by Crippen LogP contribution is -2.04. The highest BCUT2D eigenvalue weighted by molar-refractivity contribution is 6.14. The lowest BCUT2D eigenvalue weighted by Gasteiger charge is -2.20. The number of aryl methyl sites for hydroxylation is 8. The zero-order valence-corrected chi connectivity index (χ0v) is 50.2. The van der Waals surface area contributed by atoms with Crippen molar-refractivity contribution in [3.63, 3.8) is 0 Å². The summed E-state index contributed by atoms with van der Waals surface area (Å²) < 4.78 is 4.55. The van der Waals surface area contributed by atoms with Gasteiger partial charge in [-0.1, -0.05) is 84.9 Å².